The van der Waals surface area contributed by atoms with Crippen LogP contribution in [-0.4, -0.2) is 39.7 Å². The highest BCUT2D eigenvalue weighted by Gasteiger charge is 2.31. The highest BCUT2D eigenvalue weighted by atomic mass is 35.5. The quantitative estimate of drug-likeness (QED) is 0.903. The van der Waals surface area contributed by atoms with Gasteiger partial charge in [0, 0.05) is 24.4 Å². The maximum absolute atomic E-state index is 12.5. The largest absolute Gasteiger partial charge is 0.340 e. The van der Waals surface area contributed by atoms with Gasteiger partial charge in [-0.3, -0.25) is 14.3 Å². The zero-order valence-electron chi connectivity index (χ0n) is 13.7. The van der Waals surface area contributed by atoms with E-state index in [4.69, 9.17) is 5.73 Å². The summed E-state index contributed by atoms with van der Waals surface area (Å²) >= 11 is 0. The summed E-state index contributed by atoms with van der Waals surface area (Å²) in [6.45, 7) is 3.91. The maximum atomic E-state index is 12.5. The van der Waals surface area contributed by atoms with Crippen molar-refractivity contribution in [1.82, 2.24) is 14.7 Å². The molecular weight excluding hydrogens is 328 g/mol. The lowest BCUT2D eigenvalue weighted by Crippen LogP contribution is -2.35. The summed E-state index contributed by atoms with van der Waals surface area (Å²) in [6.07, 6.45) is 2.67. The summed E-state index contributed by atoms with van der Waals surface area (Å²) < 4.78 is 1.73. The molecule has 3 rings (SSSR count). The first kappa shape index (κ1) is 18.4. The van der Waals surface area contributed by atoms with Crippen molar-refractivity contribution in [3.8, 4) is 0 Å². The Bertz CT molecular complexity index is 777. The first-order valence-electron chi connectivity index (χ1n) is 8.04. The van der Waals surface area contributed by atoms with Crippen LogP contribution in [-0.2, 0) is 11.3 Å². The molecule has 1 aromatic heterocycles. The molecule has 24 heavy (non-hydrogen) atoms. The minimum Gasteiger partial charge on any atom is -0.340 e. The molecular formula is C17H23ClN4O2. The predicted octanol–water partition coefficient (Wildman–Crippen LogP) is 1.40. The van der Waals surface area contributed by atoms with Gasteiger partial charge in [-0.05, 0) is 37.9 Å². The predicted molar refractivity (Wildman–Crippen MR) is 96.2 cm³/mol. The third-order valence-electron chi connectivity index (χ3n) is 4.61. The number of nitrogens with two attached hydrogens (primary N) is 1. The molecule has 7 heteroatoms. The molecule has 1 aromatic carbocycles. The second kappa shape index (κ2) is 7.77. The van der Waals surface area contributed by atoms with Gasteiger partial charge in [0.1, 0.15) is 0 Å². The van der Waals surface area contributed by atoms with Crippen LogP contribution >= 0.6 is 12.4 Å². The van der Waals surface area contributed by atoms with Gasteiger partial charge in [0.2, 0.25) is 11.3 Å². The molecule has 1 amide bonds. The topological polar surface area (TPSA) is 81.2 Å². The van der Waals surface area contributed by atoms with Gasteiger partial charge in [0.25, 0.3) is 0 Å². The normalized spacial score (nSPS) is 20.2. The molecule has 2 atom stereocenters. The van der Waals surface area contributed by atoms with Crippen LogP contribution in [0.25, 0.3) is 10.9 Å². The summed E-state index contributed by atoms with van der Waals surface area (Å²) in [5, 5.41) is 4.80. The Hall–Kier alpha value is -1.92. The molecule has 6 nitrogen and oxygen atoms in total. The van der Waals surface area contributed by atoms with Crippen molar-refractivity contribution in [3.05, 3.63) is 40.7 Å². The Kier molecular flexibility index (Phi) is 5.96. The number of carbonyl (C=O) groups is 1. The lowest BCUT2D eigenvalue weighted by Gasteiger charge is -2.21. The van der Waals surface area contributed by atoms with Crippen LogP contribution in [0.2, 0.25) is 0 Å². The van der Waals surface area contributed by atoms with Gasteiger partial charge < -0.3 is 10.6 Å². The number of benzene rings is 1. The Morgan fingerprint density at radius 2 is 2.12 bits per heavy atom. The van der Waals surface area contributed by atoms with Crippen molar-refractivity contribution in [2.75, 3.05) is 13.1 Å². The number of fused-ring (bicyclic) bond motifs is 1. The van der Waals surface area contributed by atoms with Gasteiger partial charge in [-0.15, -0.1) is 12.4 Å². The SMILES string of the molecule is CC1CC(CN)CN1C(=O)CCn1ncc(=O)c2ccccc21.Cl. The second-order valence-electron chi connectivity index (χ2n) is 6.23. The number of amides is 1. The van der Waals surface area contributed by atoms with Crippen molar-refractivity contribution in [3.63, 3.8) is 0 Å². The van der Waals surface area contributed by atoms with E-state index in [1.165, 1.54) is 6.20 Å². The fraction of sp³-hybridized carbons (Fsp3) is 0.471. The van der Waals surface area contributed by atoms with Gasteiger partial charge in [0.05, 0.1) is 18.3 Å². The van der Waals surface area contributed by atoms with E-state index in [1.54, 1.807) is 10.7 Å². The van der Waals surface area contributed by atoms with E-state index in [-0.39, 0.29) is 29.8 Å². The lowest BCUT2D eigenvalue weighted by atomic mass is 10.1. The summed E-state index contributed by atoms with van der Waals surface area (Å²) in [5.74, 6) is 0.526. The molecule has 0 radical (unpaired) electrons. The number of nitrogens with zero attached hydrogens (tertiary/aromatic N) is 3. The lowest BCUT2D eigenvalue weighted by molar-refractivity contribution is -0.132. The van der Waals surface area contributed by atoms with Crippen LogP contribution in [0, 0.1) is 5.92 Å². The zero-order valence-corrected chi connectivity index (χ0v) is 14.5. The van der Waals surface area contributed by atoms with Gasteiger partial charge in [-0.1, -0.05) is 12.1 Å². The van der Waals surface area contributed by atoms with Crippen LogP contribution in [0.1, 0.15) is 19.8 Å². The first-order valence-corrected chi connectivity index (χ1v) is 8.04. The van der Waals surface area contributed by atoms with Crippen molar-refractivity contribution in [2.24, 2.45) is 11.7 Å². The van der Waals surface area contributed by atoms with Crippen molar-refractivity contribution in [1.29, 1.82) is 0 Å². The molecule has 1 aliphatic rings. The standard InChI is InChI=1S/C17H22N4O2.ClH/c1-12-8-13(9-18)11-20(12)17(23)6-7-21-15-5-3-2-4-14(15)16(22)10-19-21;/h2-5,10,12-13H,6-9,11,18H2,1H3;1H. The van der Waals surface area contributed by atoms with Crippen LogP contribution in [0.5, 0.6) is 0 Å². The van der Waals surface area contributed by atoms with E-state index in [1.807, 2.05) is 23.1 Å². The van der Waals surface area contributed by atoms with Gasteiger partial charge in [-0.25, -0.2) is 0 Å². The molecule has 0 aliphatic carbocycles. The molecule has 0 bridgehead atoms. The number of para-hydroxylation sites is 1. The van der Waals surface area contributed by atoms with E-state index in [2.05, 4.69) is 12.0 Å². The van der Waals surface area contributed by atoms with E-state index in [0.29, 0.717) is 30.8 Å². The number of likely N-dealkylation sites (tertiary alicyclic amines) is 1. The Balaban J connectivity index is 0.00000208. The second-order valence-corrected chi connectivity index (χ2v) is 6.23. The monoisotopic (exact) mass is 350 g/mol. The first-order chi connectivity index (χ1) is 11.1. The average molecular weight is 351 g/mol. The van der Waals surface area contributed by atoms with Crippen LogP contribution in [0.15, 0.2) is 35.3 Å². The number of aromatic nitrogens is 2. The molecule has 1 saturated heterocycles. The third-order valence-corrected chi connectivity index (χ3v) is 4.61. The summed E-state index contributed by atoms with van der Waals surface area (Å²) in [4.78, 5) is 26.2. The Morgan fingerprint density at radius 1 is 1.38 bits per heavy atom. The fourth-order valence-electron chi connectivity index (χ4n) is 3.34. The Morgan fingerprint density at radius 3 is 2.83 bits per heavy atom. The minimum absolute atomic E-state index is 0. The third kappa shape index (κ3) is 3.60. The number of aryl methyl sites for hydroxylation is 1. The molecule has 1 aliphatic heterocycles. The summed E-state index contributed by atoms with van der Waals surface area (Å²) in [5.41, 5.74) is 6.39. The van der Waals surface area contributed by atoms with Crippen LogP contribution in [0.3, 0.4) is 0 Å². The van der Waals surface area contributed by atoms with E-state index in [0.717, 1.165) is 18.5 Å². The number of halogens is 1. The molecule has 2 unspecified atom stereocenters. The minimum atomic E-state index is -0.0953. The van der Waals surface area contributed by atoms with Crippen molar-refractivity contribution >= 4 is 29.2 Å². The highest BCUT2D eigenvalue weighted by Crippen LogP contribution is 2.23. The van der Waals surface area contributed by atoms with E-state index in [9.17, 15) is 9.59 Å². The molecule has 0 spiro atoms. The van der Waals surface area contributed by atoms with Gasteiger partial charge >= 0.3 is 0 Å². The van der Waals surface area contributed by atoms with Crippen molar-refractivity contribution < 1.29 is 4.79 Å². The van der Waals surface area contributed by atoms with Crippen LogP contribution in [0.4, 0.5) is 0 Å². The number of carbonyl (C=O) groups excluding carboxylic acids is 1. The number of hydrogen-bond donors (Lipinski definition) is 1. The zero-order chi connectivity index (χ0) is 16.4. The summed E-state index contributed by atoms with van der Waals surface area (Å²) in [6, 6.07) is 7.59. The maximum Gasteiger partial charge on any atom is 0.224 e. The molecule has 130 valence electrons. The van der Waals surface area contributed by atoms with Crippen LogP contribution < -0.4 is 11.2 Å². The molecule has 0 saturated carbocycles. The number of hydrogen-bond acceptors (Lipinski definition) is 4. The summed E-state index contributed by atoms with van der Waals surface area (Å²) in [7, 11) is 0. The fourth-order valence-corrected chi connectivity index (χ4v) is 3.34. The smallest absolute Gasteiger partial charge is 0.224 e. The molecule has 1 fully saturated rings. The van der Waals surface area contributed by atoms with Gasteiger partial charge in [-0.2, -0.15) is 5.10 Å². The molecule has 2 heterocycles. The average Bonchev–Trinajstić information content (AvgIpc) is 2.95. The number of rotatable bonds is 4. The molecule has 2 aromatic rings. The highest BCUT2D eigenvalue weighted by molar-refractivity contribution is 5.85. The van der Waals surface area contributed by atoms with Gasteiger partial charge in [0.15, 0.2) is 0 Å². The van der Waals surface area contributed by atoms with Crippen molar-refractivity contribution in [2.45, 2.75) is 32.4 Å². The van der Waals surface area contributed by atoms with E-state index >= 15 is 0 Å². The van der Waals surface area contributed by atoms with E-state index < -0.39 is 0 Å². The Labute approximate surface area is 147 Å². The molecule has 2 N–H and O–H groups in total.